The van der Waals surface area contributed by atoms with E-state index >= 15 is 8.78 Å². The molecule has 0 aliphatic carbocycles. The molecule has 12 nitrogen and oxygen atoms in total. The molecule has 2 amide bonds. The molecule has 270 valence electrons. The summed E-state index contributed by atoms with van der Waals surface area (Å²) in [5.74, 6) is -0.873. The molecule has 2 aromatic carbocycles. The molecule has 1 unspecified atom stereocenters. The maximum Gasteiger partial charge on any atom is 0.325 e. The van der Waals surface area contributed by atoms with Crippen LogP contribution in [-0.4, -0.2) is 101 Å². The molecule has 3 fully saturated rings. The molecule has 4 aliphatic heterocycles. The van der Waals surface area contributed by atoms with Gasteiger partial charge in [-0.3, -0.25) is 14.6 Å². The third-order valence-corrected chi connectivity index (χ3v) is 12.3. The number of ether oxygens (including phenoxy) is 2. The molecule has 4 aromatic rings. The van der Waals surface area contributed by atoms with Crippen LogP contribution in [0.3, 0.4) is 0 Å². The number of carbonyl (C=O) groups is 1. The van der Waals surface area contributed by atoms with E-state index in [9.17, 15) is 10.1 Å². The number of nitrogen functional groups attached to an aromatic ring is 1. The van der Waals surface area contributed by atoms with Gasteiger partial charge in [-0.15, -0.1) is 11.3 Å². The molecule has 4 atom stereocenters. The number of benzene rings is 2. The summed E-state index contributed by atoms with van der Waals surface area (Å²) in [5.41, 5.74) is 6.14. The van der Waals surface area contributed by atoms with E-state index in [1.165, 1.54) is 12.1 Å². The number of likely N-dealkylation sites (N-methyl/N-ethyl adjacent to an activating group) is 1. The molecule has 0 radical (unpaired) electrons. The summed E-state index contributed by atoms with van der Waals surface area (Å²) in [6.07, 6.45) is 3.32. The van der Waals surface area contributed by atoms with E-state index in [1.54, 1.807) is 9.80 Å². The molecule has 2 aromatic heterocycles. The van der Waals surface area contributed by atoms with Gasteiger partial charge in [-0.2, -0.15) is 15.2 Å². The molecule has 6 heterocycles. The molecule has 0 spiro atoms. The Morgan fingerprint density at radius 2 is 2.00 bits per heavy atom. The number of urea groups is 1. The largest absolute Gasteiger partial charge is 0.489 e. The lowest BCUT2D eigenvalue weighted by molar-refractivity contribution is 0.0924. The molecular weight excluding hydrogens is 712 g/mol. The van der Waals surface area contributed by atoms with E-state index in [4.69, 9.17) is 38.4 Å². The van der Waals surface area contributed by atoms with Gasteiger partial charge < -0.3 is 25.0 Å². The number of aromatic nitrogens is 2. The maximum atomic E-state index is 17.4. The molecule has 2 N–H and O–H groups in total. The van der Waals surface area contributed by atoms with Crippen LogP contribution in [0.2, 0.25) is 5.02 Å². The van der Waals surface area contributed by atoms with Gasteiger partial charge in [0.05, 0.1) is 33.6 Å². The Morgan fingerprint density at radius 1 is 1.19 bits per heavy atom. The Labute approximate surface area is 308 Å². The second kappa shape index (κ2) is 13.4. The SMILES string of the molecule is [C-]#[N+][C@@H]1CCN1C(=O)N1CCCC(N2CCOc3c(Cl)c(-c4ccc(F)c5sc(N)c(C#N)c45)c(F)c4nc(O[C@@H](C)[C@@H]5CCCN5C)nc2c34)C1. The number of fused-ring (bicyclic) bond motifs is 1. The van der Waals surface area contributed by atoms with Crippen molar-refractivity contribution in [2.45, 2.75) is 63.4 Å². The van der Waals surface area contributed by atoms with Crippen molar-refractivity contribution < 1.29 is 23.0 Å². The van der Waals surface area contributed by atoms with Gasteiger partial charge in [0.2, 0.25) is 0 Å². The molecule has 8 rings (SSSR count). The third-order valence-electron chi connectivity index (χ3n) is 10.9. The molecule has 4 aliphatic rings. The minimum atomic E-state index is -0.807. The van der Waals surface area contributed by atoms with Crippen molar-refractivity contribution in [3.63, 3.8) is 0 Å². The molecular formula is C36H36ClF2N9O3S. The number of anilines is 2. The zero-order valence-corrected chi connectivity index (χ0v) is 30.2. The summed E-state index contributed by atoms with van der Waals surface area (Å²) in [7, 11) is 2.04. The lowest BCUT2D eigenvalue weighted by Crippen LogP contribution is -2.59. The number of hydrogen-bond donors (Lipinski definition) is 1. The van der Waals surface area contributed by atoms with Crippen molar-refractivity contribution >= 4 is 60.8 Å². The van der Waals surface area contributed by atoms with E-state index in [2.05, 4.69) is 14.7 Å². The molecule has 3 saturated heterocycles. The van der Waals surface area contributed by atoms with Crippen LogP contribution in [0.25, 0.3) is 37.0 Å². The van der Waals surface area contributed by atoms with Crippen molar-refractivity contribution in [2.24, 2.45) is 0 Å². The number of likely N-dealkylation sites (tertiary alicyclic amines) is 3. The summed E-state index contributed by atoms with van der Waals surface area (Å²) in [5, 5.41) is 10.4. The van der Waals surface area contributed by atoms with Crippen LogP contribution in [0.5, 0.6) is 11.8 Å². The first kappa shape index (κ1) is 34.4. The molecule has 0 bridgehead atoms. The Bertz CT molecular complexity index is 2210. The number of nitrogens with two attached hydrogens (primary N) is 1. The molecule has 0 saturated carbocycles. The number of nitriles is 1. The summed E-state index contributed by atoms with van der Waals surface area (Å²) in [6, 6.07) is 4.34. The van der Waals surface area contributed by atoms with Crippen molar-refractivity contribution in [3.8, 4) is 29.0 Å². The average Bonchev–Trinajstić information content (AvgIpc) is 3.64. The summed E-state index contributed by atoms with van der Waals surface area (Å²) >= 11 is 8.01. The van der Waals surface area contributed by atoms with Crippen molar-refractivity contribution in [3.05, 3.63) is 45.8 Å². The van der Waals surface area contributed by atoms with Crippen LogP contribution >= 0.6 is 22.9 Å². The standard InChI is InChI=1S/C36H36ClF2N9O3S/c1-18(23-7-5-11-45(23)3)51-35-43-30-27-31(28(37)26(29(30)39)20-8-9-22(38)32-25(20)21(16-40)33(41)52-32)50-15-14-47(34(27)44-35)19-6-4-12-46(17-19)36(49)48-13-10-24(48)42-2/h8-9,18-19,23-24H,4-7,10-15,17,41H2,1,3H3/t18-,19?,23-,24-/m0/s1. The normalized spacial score (nSPS) is 22.4. The predicted molar refractivity (Wildman–Crippen MR) is 195 cm³/mol. The maximum absolute atomic E-state index is 17.4. The Kier molecular flexibility index (Phi) is 8.84. The van der Waals surface area contributed by atoms with Gasteiger partial charge >= 0.3 is 18.2 Å². The van der Waals surface area contributed by atoms with Crippen LogP contribution in [0.1, 0.15) is 44.6 Å². The minimum Gasteiger partial charge on any atom is -0.489 e. The first-order valence-corrected chi connectivity index (χ1v) is 18.6. The summed E-state index contributed by atoms with van der Waals surface area (Å²) < 4.78 is 45.3. The Morgan fingerprint density at radius 3 is 2.71 bits per heavy atom. The number of thiophene rings is 1. The van der Waals surface area contributed by atoms with Gasteiger partial charge in [-0.25, -0.2) is 20.1 Å². The van der Waals surface area contributed by atoms with Crippen molar-refractivity contribution in [1.29, 1.82) is 5.26 Å². The van der Waals surface area contributed by atoms with Crippen LogP contribution < -0.4 is 20.1 Å². The summed E-state index contributed by atoms with van der Waals surface area (Å²) in [6.45, 7) is 12.3. The highest BCUT2D eigenvalue weighted by Gasteiger charge is 2.42. The van der Waals surface area contributed by atoms with Gasteiger partial charge in [-0.05, 0) is 57.8 Å². The summed E-state index contributed by atoms with van der Waals surface area (Å²) in [4.78, 5) is 34.3. The van der Waals surface area contributed by atoms with Gasteiger partial charge in [0.1, 0.15) is 40.9 Å². The quantitative estimate of drug-likeness (QED) is 0.228. The number of carbonyl (C=O) groups excluding carboxylic acids is 1. The zero-order chi connectivity index (χ0) is 36.4. The van der Waals surface area contributed by atoms with Gasteiger partial charge in [0.25, 0.3) is 0 Å². The first-order chi connectivity index (χ1) is 25.1. The van der Waals surface area contributed by atoms with E-state index in [0.29, 0.717) is 38.4 Å². The van der Waals surface area contributed by atoms with Crippen LogP contribution in [0, 0.1) is 29.5 Å². The fraction of sp³-hybridized carbons (Fsp3) is 0.472. The second-order valence-electron chi connectivity index (χ2n) is 13.8. The number of nitrogens with zero attached hydrogens (tertiary/aromatic N) is 8. The topological polar surface area (TPSA) is 128 Å². The number of amides is 2. The highest BCUT2D eigenvalue weighted by atomic mass is 35.5. The molecule has 16 heteroatoms. The first-order valence-electron chi connectivity index (χ1n) is 17.4. The van der Waals surface area contributed by atoms with Gasteiger partial charge in [0.15, 0.2) is 11.6 Å². The van der Waals surface area contributed by atoms with E-state index in [0.717, 1.165) is 43.6 Å². The fourth-order valence-corrected chi connectivity index (χ4v) is 9.44. The Hall–Kier alpha value is -4.70. The molecule has 52 heavy (non-hydrogen) atoms. The number of rotatable bonds is 5. The predicted octanol–water partition coefficient (Wildman–Crippen LogP) is 6.49. The monoisotopic (exact) mass is 747 g/mol. The lowest BCUT2D eigenvalue weighted by Gasteiger charge is -2.43. The average molecular weight is 748 g/mol. The number of halogens is 3. The van der Waals surface area contributed by atoms with Crippen molar-refractivity contribution in [1.82, 2.24) is 24.7 Å². The number of piperidine rings is 1. The highest BCUT2D eigenvalue weighted by molar-refractivity contribution is 7.23. The smallest absolute Gasteiger partial charge is 0.325 e. The van der Waals surface area contributed by atoms with Crippen LogP contribution in [0.15, 0.2) is 12.1 Å². The fourth-order valence-electron chi connectivity index (χ4n) is 8.15. The third kappa shape index (κ3) is 5.49. The lowest BCUT2D eigenvalue weighted by atomic mass is 9.96. The Balaban J connectivity index is 1.29. The van der Waals surface area contributed by atoms with Crippen molar-refractivity contribution in [2.75, 3.05) is 57.0 Å². The van der Waals surface area contributed by atoms with Gasteiger partial charge in [-0.1, -0.05) is 17.7 Å². The minimum absolute atomic E-state index is 0.0220. The zero-order valence-electron chi connectivity index (χ0n) is 28.7. The van der Waals surface area contributed by atoms with E-state index < -0.39 is 17.8 Å². The second-order valence-corrected chi connectivity index (χ2v) is 15.2. The number of hydrogen-bond acceptors (Lipinski definition) is 10. The van der Waals surface area contributed by atoms with E-state index in [1.807, 2.05) is 24.9 Å². The van der Waals surface area contributed by atoms with Crippen LogP contribution in [0.4, 0.5) is 24.4 Å². The van der Waals surface area contributed by atoms with Gasteiger partial charge in [0, 0.05) is 42.7 Å². The van der Waals surface area contributed by atoms with E-state index in [-0.39, 0.29) is 90.3 Å². The highest BCUT2D eigenvalue weighted by Crippen LogP contribution is 2.51. The van der Waals surface area contributed by atoms with Crippen LogP contribution in [-0.2, 0) is 0 Å².